The number of rotatable bonds is 2. The summed E-state index contributed by atoms with van der Waals surface area (Å²) >= 11 is 0. The van der Waals surface area contributed by atoms with Gasteiger partial charge in [0, 0.05) is 19.2 Å². The van der Waals surface area contributed by atoms with E-state index in [9.17, 15) is 14.9 Å². The molecule has 7 heteroatoms. The summed E-state index contributed by atoms with van der Waals surface area (Å²) in [6.07, 6.45) is 0. The summed E-state index contributed by atoms with van der Waals surface area (Å²) in [5.74, 6) is -0.289. The van der Waals surface area contributed by atoms with E-state index in [0.717, 1.165) is 0 Å². The Labute approximate surface area is 105 Å². The van der Waals surface area contributed by atoms with E-state index >= 15 is 0 Å². The second-order valence-electron chi connectivity index (χ2n) is 4.13. The van der Waals surface area contributed by atoms with Crippen molar-refractivity contribution in [3.05, 3.63) is 33.9 Å². The second-order valence-corrected chi connectivity index (χ2v) is 4.13. The Morgan fingerprint density at radius 2 is 2.06 bits per heavy atom. The van der Waals surface area contributed by atoms with Gasteiger partial charge in [-0.25, -0.2) is 0 Å². The van der Waals surface area contributed by atoms with Crippen LogP contribution in [-0.4, -0.2) is 49.9 Å². The van der Waals surface area contributed by atoms with Crippen LogP contribution >= 0.6 is 0 Å². The van der Waals surface area contributed by atoms with E-state index in [1.165, 1.54) is 6.07 Å². The molecule has 1 aromatic rings. The third-order valence-electron chi connectivity index (χ3n) is 2.96. The Hall–Kier alpha value is -1.89. The molecule has 1 saturated heterocycles. The lowest BCUT2D eigenvalue weighted by Crippen LogP contribution is -2.42. The number of hydrogen-bond donors (Lipinski definition) is 0. The number of carbonyl (C=O) groups is 1. The first-order chi connectivity index (χ1) is 8.61. The van der Waals surface area contributed by atoms with E-state index in [0.29, 0.717) is 31.8 Å². The average Bonchev–Trinajstić information content (AvgIpc) is 2.38. The van der Waals surface area contributed by atoms with E-state index in [-0.39, 0.29) is 17.2 Å². The lowest BCUT2D eigenvalue weighted by molar-refractivity contribution is -0.385. The maximum Gasteiger partial charge on any atom is 0.281 e. The van der Waals surface area contributed by atoms with Crippen LogP contribution in [0.1, 0.15) is 10.4 Å². The molecule has 1 amide bonds. The first-order valence-electron chi connectivity index (χ1n) is 5.72. The number of nitrogens with zero attached hydrogens (tertiary/aromatic N) is 2. The first-order valence-corrected chi connectivity index (χ1v) is 5.72. The number of nitro groups is 1. The molecule has 0 radical (unpaired) electrons. The van der Waals surface area contributed by atoms with Crippen LogP contribution in [0.3, 0.4) is 0 Å². The van der Waals surface area contributed by atoms with Crippen molar-refractivity contribution >= 4 is 24.9 Å². The Morgan fingerprint density at radius 1 is 1.39 bits per heavy atom. The highest BCUT2D eigenvalue weighted by Gasteiger charge is 2.27. The summed E-state index contributed by atoms with van der Waals surface area (Å²) in [4.78, 5) is 24.4. The molecule has 0 unspecified atom stereocenters. The van der Waals surface area contributed by atoms with Crippen LogP contribution in [0.2, 0.25) is 0 Å². The van der Waals surface area contributed by atoms with E-state index in [2.05, 4.69) is 0 Å². The van der Waals surface area contributed by atoms with Crippen LogP contribution in [-0.2, 0) is 4.74 Å². The molecule has 18 heavy (non-hydrogen) atoms. The van der Waals surface area contributed by atoms with Crippen molar-refractivity contribution in [3.8, 4) is 0 Å². The number of hydrogen-bond acceptors (Lipinski definition) is 4. The molecule has 0 spiro atoms. The molecule has 0 atom stereocenters. The summed E-state index contributed by atoms with van der Waals surface area (Å²) in [6.45, 7) is 1.91. The van der Waals surface area contributed by atoms with Crippen LogP contribution in [0, 0.1) is 10.1 Å². The van der Waals surface area contributed by atoms with Crippen molar-refractivity contribution in [2.75, 3.05) is 26.3 Å². The highest BCUT2D eigenvalue weighted by molar-refractivity contribution is 6.37. The van der Waals surface area contributed by atoms with E-state index in [1.54, 1.807) is 24.9 Å². The van der Waals surface area contributed by atoms with Gasteiger partial charge in [0.05, 0.1) is 18.1 Å². The van der Waals surface area contributed by atoms with Gasteiger partial charge in [0.25, 0.3) is 11.6 Å². The van der Waals surface area contributed by atoms with Gasteiger partial charge in [-0.15, -0.1) is 0 Å². The zero-order chi connectivity index (χ0) is 13.1. The maximum absolute atomic E-state index is 12.3. The minimum absolute atomic E-state index is 0.133. The third kappa shape index (κ3) is 2.35. The van der Waals surface area contributed by atoms with Gasteiger partial charge >= 0.3 is 0 Å². The lowest BCUT2D eigenvalue weighted by Gasteiger charge is -2.27. The van der Waals surface area contributed by atoms with Crippen molar-refractivity contribution < 1.29 is 14.5 Å². The fourth-order valence-electron chi connectivity index (χ4n) is 2.01. The number of ether oxygens (including phenoxy) is 1. The molecule has 1 fully saturated rings. The molecule has 1 aliphatic rings. The largest absolute Gasteiger partial charge is 0.378 e. The Morgan fingerprint density at radius 3 is 2.67 bits per heavy atom. The average molecular weight is 248 g/mol. The molecular weight excluding hydrogens is 235 g/mol. The fraction of sp³-hybridized carbons (Fsp3) is 0.364. The first kappa shape index (κ1) is 12.6. The maximum atomic E-state index is 12.3. The zero-order valence-corrected chi connectivity index (χ0v) is 10.1. The molecule has 0 bridgehead atoms. The van der Waals surface area contributed by atoms with Gasteiger partial charge in [-0.1, -0.05) is 17.6 Å². The minimum atomic E-state index is -0.513. The van der Waals surface area contributed by atoms with E-state index in [4.69, 9.17) is 4.74 Å². The highest BCUT2D eigenvalue weighted by Crippen LogP contribution is 2.18. The molecule has 0 saturated carbocycles. The molecule has 94 valence electrons. The smallest absolute Gasteiger partial charge is 0.281 e. The number of morpholine rings is 1. The second kappa shape index (κ2) is 5.18. The molecule has 1 heterocycles. The van der Waals surface area contributed by atoms with Crippen LogP contribution in [0.25, 0.3) is 0 Å². The molecule has 0 aliphatic carbocycles. The van der Waals surface area contributed by atoms with Crippen molar-refractivity contribution in [2.24, 2.45) is 0 Å². The van der Waals surface area contributed by atoms with Gasteiger partial charge in [-0.3, -0.25) is 14.9 Å². The van der Waals surface area contributed by atoms with Crippen LogP contribution in [0.5, 0.6) is 0 Å². The molecule has 1 aliphatic heterocycles. The Balaban J connectivity index is 2.36. The fourth-order valence-corrected chi connectivity index (χ4v) is 2.01. The number of amides is 1. The van der Waals surface area contributed by atoms with Crippen molar-refractivity contribution in [3.63, 3.8) is 0 Å². The van der Waals surface area contributed by atoms with Crippen molar-refractivity contribution in [2.45, 2.75) is 0 Å². The molecule has 2 rings (SSSR count). The number of benzene rings is 1. The van der Waals surface area contributed by atoms with Crippen LogP contribution in [0.15, 0.2) is 18.2 Å². The lowest BCUT2D eigenvalue weighted by atomic mass is 9.89. The molecule has 0 aromatic heterocycles. The predicted molar refractivity (Wildman–Crippen MR) is 68.0 cm³/mol. The van der Waals surface area contributed by atoms with Crippen molar-refractivity contribution in [1.29, 1.82) is 0 Å². The molecule has 0 N–H and O–H groups in total. The number of carbonyl (C=O) groups excluding carboxylic acids is 1. The van der Waals surface area contributed by atoms with Gasteiger partial charge in [-0.2, -0.15) is 0 Å². The van der Waals surface area contributed by atoms with Gasteiger partial charge < -0.3 is 9.64 Å². The van der Waals surface area contributed by atoms with Gasteiger partial charge in [0.2, 0.25) is 0 Å². The van der Waals surface area contributed by atoms with Gasteiger partial charge in [0.1, 0.15) is 13.4 Å². The minimum Gasteiger partial charge on any atom is -0.378 e. The highest BCUT2D eigenvalue weighted by atomic mass is 16.6. The molecule has 1 aromatic carbocycles. The zero-order valence-electron chi connectivity index (χ0n) is 10.1. The summed E-state index contributed by atoms with van der Waals surface area (Å²) in [6, 6.07) is 4.66. The normalized spacial score (nSPS) is 15.4. The topological polar surface area (TPSA) is 72.7 Å². The molecule has 6 nitrogen and oxygen atoms in total. The van der Waals surface area contributed by atoms with Crippen molar-refractivity contribution in [1.82, 2.24) is 4.90 Å². The Bertz CT molecular complexity index is 486. The van der Waals surface area contributed by atoms with E-state index < -0.39 is 4.92 Å². The quantitative estimate of drug-likeness (QED) is 0.395. The summed E-state index contributed by atoms with van der Waals surface area (Å²) in [5, 5.41) is 11.0. The third-order valence-corrected chi connectivity index (χ3v) is 2.96. The molecular formula is C11H13BN2O4. The monoisotopic (exact) mass is 248 g/mol. The van der Waals surface area contributed by atoms with Gasteiger partial charge in [0.15, 0.2) is 0 Å². The van der Waals surface area contributed by atoms with Crippen LogP contribution in [0.4, 0.5) is 5.69 Å². The standard InChI is InChI=1S/C11H13BN2O4/c12-8-2-1-3-9(14(16)17)10(8)11(15)13-4-6-18-7-5-13/h1-3H,4-7,12H2. The van der Waals surface area contributed by atoms with E-state index in [1.807, 2.05) is 0 Å². The predicted octanol–water partition coefficient (Wildman–Crippen LogP) is -0.674. The SMILES string of the molecule is Bc1cccc([N+](=O)[O-])c1C(=O)N1CCOCC1. The number of nitro benzene ring substituents is 1. The Kier molecular flexibility index (Phi) is 3.62. The van der Waals surface area contributed by atoms with Crippen LogP contribution < -0.4 is 5.46 Å². The summed E-state index contributed by atoms with van der Waals surface area (Å²) < 4.78 is 5.17. The summed E-state index contributed by atoms with van der Waals surface area (Å²) in [7, 11) is 1.71. The summed E-state index contributed by atoms with van der Waals surface area (Å²) in [5.41, 5.74) is 0.677. The van der Waals surface area contributed by atoms with Gasteiger partial charge in [-0.05, 0) is 0 Å².